The first-order valence-electron chi connectivity index (χ1n) is 11.2. The molecule has 5 aromatic rings. The van der Waals surface area contributed by atoms with Gasteiger partial charge in [0, 0.05) is 12.7 Å². The predicted molar refractivity (Wildman–Crippen MR) is 130 cm³/mol. The first-order valence-corrected chi connectivity index (χ1v) is 11.2. The monoisotopic (exact) mass is 451 g/mol. The van der Waals surface area contributed by atoms with Crippen molar-refractivity contribution in [3.05, 3.63) is 96.0 Å². The van der Waals surface area contributed by atoms with Gasteiger partial charge in [-0.3, -0.25) is 9.36 Å². The number of carbonyl (C=O) groups is 1. The summed E-state index contributed by atoms with van der Waals surface area (Å²) in [5.41, 5.74) is 4.88. The first kappa shape index (κ1) is 21.5. The van der Waals surface area contributed by atoms with Crippen molar-refractivity contribution in [3.63, 3.8) is 0 Å². The fourth-order valence-corrected chi connectivity index (χ4v) is 3.95. The van der Waals surface area contributed by atoms with E-state index in [1.807, 2.05) is 66.1 Å². The lowest BCUT2D eigenvalue weighted by Gasteiger charge is -2.12. The van der Waals surface area contributed by atoms with Gasteiger partial charge in [-0.2, -0.15) is 0 Å². The highest BCUT2D eigenvalue weighted by Gasteiger charge is 2.17. The van der Waals surface area contributed by atoms with Gasteiger partial charge in [-0.15, -0.1) is 5.10 Å². The SMILES string of the molecule is Cc1nc(C(=O)NCc2ccc(-n3cnc4ccccc43)nc2)nn1-c1ccccc1C(C)C. The van der Waals surface area contributed by atoms with Gasteiger partial charge in [0.05, 0.1) is 16.7 Å². The topological polar surface area (TPSA) is 90.5 Å². The van der Waals surface area contributed by atoms with Gasteiger partial charge < -0.3 is 5.32 Å². The van der Waals surface area contributed by atoms with E-state index < -0.39 is 0 Å². The Bertz CT molecular complexity index is 1460. The molecule has 2 aromatic carbocycles. The molecule has 1 N–H and O–H groups in total. The lowest BCUT2D eigenvalue weighted by atomic mass is 10.0. The molecule has 5 rings (SSSR count). The third kappa shape index (κ3) is 4.05. The normalized spacial score (nSPS) is 11.3. The van der Waals surface area contributed by atoms with Gasteiger partial charge in [0.15, 0.2) is 0 Å². The van der Waals surface area contributed by atoms with Crippen molar-refractivity contribution < 1.29 is 4.79 Å². The highest BCUT2D eigenvalue weighted by molar-refractivity contribution is 5.90. The molecule has 0 atom stereocenters. The van der Waals surface area contributed by atoms with E-state index in [0.717, 1.165) is 33.7 Å². The van der Waals surface area contributed by atoms with Crippen LogP contribution in [0.1, 0.15) is 47.3 Å². The van der Waals surface area contributed by atoms with Crippen LogP contribution in [0.3, 0.4) is 0 Å². The summed E-state index contributed by atoms with van der Waals surface area (Å²) in [4.78, 5) is 26.1. The van der Waals surface area contributed by atoms with Crippen molar-refractivity contribution in [2.24, 2.45) is 0 Å². The van der Waals surface area contributed by atoms with E-state index in [1.54, 1.807) is 17.2 Å². The molecular formula is C26H25N7O. The van der Waals surface area contributed by atoms with Crippen molar-refractivity contribution in [3.8, 4) is 11.5 Å². The number of hydrogen-bond donors (Lipinski definition) is 1. The highest BCUT2D eigenvalue weighted by Crippen LogP contribution is 2.23. The number of para-hydroxylation sites is 3. The Morgan fingerprint density at radius 1 is 1.00 bits per heavy atom. The van der Waals surface area contributed by atoms with Gasteiger partial charge in [-0.1, -0.05) is 50.2 Å². The molecule has 8 nitrogen and oxygen atoms in total. The van der Waals surface area contributed by atoms with E-state index in [4.69, 9.17) is 0 Å². The fraction of sp³-hybridized carbons (Fsp3) is 0.192. The molecule has 170 valence electrons. The summed E-state index contributed by atoms with van der Waals surface area (Å²) >= 11 is 0. The summed E-state index contributed by atoms with van der Waals surface area (Å²) in [6.45, 7) is 6.44. The zero-order chi connectivity index (χ0) is 23.7. The van der Waals surface area contributed by atoms with Gasteiger partial charge in [0.2, 0.25) is 5.82 Å². The van der Waals surface area contributed by atoms with Crippen LogP contribution in [0.2, 0.25) is 0 Å². The van der Waals surface area contributed by atoms with Crippen LogP contribution in [0.15, 0.2) is 73.2 Å². The van der Waals surface area contributed by atoms with Crippen LogP contribution < -0.4 is 5.32 Å². The summed E-state index contributed by atoms with van der Waals surface area (Å²) in [6, 6.07) is 19.8. The standard InChI is InChI=1S/C26H25N7O/c1-17(2)20-8-4-6-10-22(20)33-18(3)30-25(31-33)26(34)28-15-19-12-13-24(27-14-19)32-16-29-21-9-5-7-11-23(21)32/h4-14,16-17H,15H2,1-3H3,(H,28,34). The second kappa shape index (κ2) is 8.90. The number of imidazole rings is 1. The smallest absolute Gasteiger partial charge is 0.291 e. The second-order valence-corrected chi connectivity index (χ2v) is 8.42. The number of amides is 1. The summed E-state index contributed by atoms with van der Waals surface area (Å²) in [5, 5.41) is 7.37. The Morgan fingerprint density at radius 3 is 2.59 bits per heavy atom. The molecule has 0 radical (unpaired) electrons. The lowest BCUT2D eigenvalue weighted by Crippen LogP contribution is -2.24. The summed E-state index contributed by atoms with van der Waals surface area (Å²) in [7, 11) is 0. The number of aryl methyl sites for hydroxylation is 1. The van der Waals surface area contributed by atoms with Crippen LogP contribution in [0, 0.1) is 6.92 Å². The average molecular weight is 452 g/mol. The van der Waals surface area contributed by atoms with Gasteiger partial charge >= 0.3 is 0 Å². The van der Waals surface area contributed by atoms with Crippen LogP contribution in [-0.4, -0.2) is 35.2 Å². The average Bonchev–Trinajstić information content (AvgIpc) is 3.46. The molecule has 3 heterocycles. The minimum absolute atomic E-state index is 0.144. The Kier molecular flexibility index (Phi) is 5.63. The Balaban J connectivity index is 1.29. The molecule has 0 saturated heterocycles. The third-order valence-electron chi connectivity index (χ3n) is 5.72. The van der Waals surface area contributed by atoms with Crippen LogP contribution >= 0.6 is 0 Å². The molecule has 34 heavy (non-hydrogen) atoms. The van der Waals surface area contributed by atoms with Crippen LogP contribution in [0.4, 0.5) is 0 Å². The Hall–Kier alpha value is -4.33. The lowest BCUT2D eigenvalue weighted by molar-refractivity contribution is 0.0940. The quantitative estimate of drug-likeness (QED) is 0.414. The number of benzene rings is 2. The number of aromatic nitrogens is 6. The largest absolute Gasteiger partial charge is 0.345 e. The summed E-state index contributed by atoms with van der Waals surface area (Å²) in [5.74, 6) is 1.58. The van der Waals surface area contributed by atoms with Crippen molar-refractivity contribution >= 4 is 16.9 Å². The maximum atomic E-state index is 12.8. The molecule has 0 spiro atoms. The van der Waals surface area contributed by atoms with Crippen LogP contribution in [0.5, 0.6) is 0 Å². The van der Waals surface area contributed by atoms with E-state index in [1.165, 1.54) is 0 Å². The molecule has 8 heteroatoms. The van der Waals surface area contributed by atoms with E-state index >= 15 is 0 Å². The first-order chi connectivity index (χ1) is 16.5. The molecule has 0 aliphatic carbocycles. The molecule has 0 aliphatic rings. The second-order valence-electron chi connectivity index (χ2n) is 8.42. The minimum atomic E-state index is -0.325. The number of fused-ring (bicyclic) bond motifs is 1. The molecule has 0 bridgehead atoms. The number of nitrogens with one attached hydrogen (secondary N) is 1. The predicted octanol–water partition coefficient (Wildman–Crippen LogP) is 4.36. The Morgan fingerprint density at radius 2 is 1.79 bits per heavy atom. The maximum absolute atomic E-state index is 12.8. The molecular weight excluding hydrogens is 426 g/mol. The summed E-state index contributed by atoms with van der Waals surface area (Å²) in [6.07, 6.45) is 3.51. The van der Waals surface area contributed by atoms with E-state index in [0.29, 0.717) is 18.3 Å². The molecule has 3 aromatic heterocycles. The summed E-state index contributed by atoms with van der Waals surface area (Å²) < 4.78 is 3.67. The Labute approximate surface area is 197 Å². The zero-order valence-electron chi connectivity index (χ0n) is 19.3. The van der Waals surface area contributed by atoms with Crippen LogP contribution in [-0.2, 0) is 6.54 Å². The van der Waals surface area contributed by atoms with Crippen LogP contribution in [0.25, 0.3) is 22.5 Å². The minimum Gasteiger partial charge on any atom is -0.345 e. The van der Waals surface area contributed by atoms with E-state index in [9.17, 15) is 4.79 Å². The number of rotatable bonds is 6. The number of pyridine rings is 1. The number of nitrogens with zero attached hydrogens (tertiary/aromatic N) is 6. The molecule has 0 aliphatic heterocycles. The van der Waals surface area contributed by atoms with Crippen molar-refractivity contribution in [1.29, 1.82) is 0 Å². The molecule has 0 unspecified atom stereocenters. The fourth-order valence-electron chi connectivity index (χ4n) is 3.95. The maximum Gasteiger partial charge on any atom is 0.291 e. The van der Waals surface area contributed by atoms with E-state index in [2.05, 4.69) is 45.3 Å². The van der Waals surface area contributed by atoms with Gasteiger partial charge in [0.1, 0.15) is 18.0 Å². The molecule has 1 amide bonds. The third-order valence-corrected chi connectivity index (χ3v) is 5.72. The molecule has 0 fully saturated rings. The van der Waals surface area contributed by atoms with E-state index in [-0.39, 0.29) is 11.7 Å². The van der Waals surface area contributed by atoms with Crippen molar-refractivity contribution in [1.82, 2.24) is 34.6 Å². The molecule has 0 saturated carbocycles. The van der Waals surface area contributed by atoms with Gasteiger partial charge in [-0.05, 0) is 48.2 Å². The van der Waals surface area contributed by atoms with Gasteiger partial charge in [0.25, 0.3) is 5.91 Å². The highest BCUT2D eigenvalue weighted by atomic mass is 16.2. The van der Waals surface area contributed by atoms with Crippen molar-refractivity contribution in [2.75, 3.05) is 0 Å². The zero-order valence-corrected chi connectivity index (χ0v) is 19.3. The van der Waals surface area contributed by atoms with Crippen molar-refractivity contribution in [2.45, 2.75) is 33.2 Å². The van der Waals surface area contributed by atoms with Gasteiger partial charge in [-0.25, -0.2) is 19.6 Å². The number of carbonyl (C=O) groups excluding carboxylic acids is 1. The number of hydrogen-bond acceptors (Lipinski definition) is 5.